The van der Waals surface area contributed by atoms with Crippen molar-refractivity contribution < 1.29 is 19.4 Å². The smallest absolute Gasteiger partial charge is 0.344 e. The lowest BCUT2D eigenvalue weighted by Crippen LogP contribution is -2.15. The van der Waals surface area contributed by atoms with Crippen LogP contribution in [0.2, 0.25) is 0 Å². The lowest BCUT2D eigenvalue weighted by molar-refractivity contribution is -0.146. The zero-order valence-electron chi connectivity index (χ0n) is 11.2. The van der Waals surface area contributed by atoms with Crippen LogP contribution in [0.1, 0.15) is 43.4 Å². The summed E-state index contributed by atoms with van der Waals surface area (Å²) >= 11 is 0. The Hall–Kier alpha value is -1.55. The summed E-state index contributed by atoms with van der Waals surface area (Å²) in [4.78, 5) is 11.4. The van der Waals surface area contributed by atoms with Crippen LogP contribution in [0.4, 0.5) is 0 Å². The summed E-state index contributed by atoms with van der Waals surface area (Å²) in [6.45, 7) is 2.43. The van der Waals surface area contributed by atoms with Gasteiger partial charge in [0.1, 0.15) is 5.75 Å². The summed E-state index contributed by atoms with van der Waals surface area (Å²) in [7, 11) is 0. The third-order valence-electron chi connectivity index (χ3n) is 3.28. The van der Waals surface area contributed by atoms with Gasteiger partial charge in [-0.25, -0.2) is 4.79 Å². The van der Waals surface area contributed by atoms with E-state index in [1.807, 2.05) is 19.1 Å². The summed E-state index contributed by atoms with van der Waals surface area (Å²) in [5.41, 5.74) is 2.07. The second-order valence-corrected chi connectivity index (χ2v) is 4.78. The quantitative estimate of drug-likeness (QED) is 0.633. The average Bonchev–Trinajstić information content (AvgIpc) is 2.78. The third-order valence-corrected chi connectivity index (χ3v) is 3.28. The second kappa shape index (κ2) is 6.57. The van der Waals surface area contributed by atoms with E-state index >= 15 is 0 Å². The lowest BCUT2D eigenvalue weighted by atomic mass is 10.1. The van der Waals surface area contributed by atoms with Crippen molar-refractivity contribution in [1.29, 1.82) is 0 Å². The van der Waals surface area contributed by atoms with Gasteiger partial charge in [0.25, 0.3) is 0 Å². The van der Waals surface area contributed by atoms with Gasteiger partial charge in [-0.3, -0.25) is 0 Å². The van der Waals surface area contributed by atoms with Gasteiger partial charge in [-0.1, -0.05) is 19.4 Å². The molecule has 0 heterocycles. The topological polar surface area (TPSA) is 55.8 Å². The monoisotopic (exact) mass is 264 g/mol. The maximum absolute atomic E-state index is 11.4. The molecule has 104 valence electrons. The van der Waals surface area contributed by atoms with E-state index in [9.17, 15) is 9.90 Å². The molecule has 0 aromatic heterocycles. The van der Waals surface area contributed by atoms with Crippen LogP contribution in [0.25, 0.3) is 0 Å². The molecule has 2 rings (SSSR count). The molecular weight excluding hydrogens is 244 g/mol. The maximum atomic E-state index is 11.4. The zero-order chi connectivity index (χ0) is 13.7. The number of aliphatic hydroxyl groups is 1. The highest BCUT2D eigenvalue weighted by Crippen LogP contribution is 2.33. The number of rotatable bonds is 6. The fourth-order valence-electron chi connectivity index (χ4n) is 2.18. The first kappa shape index (κ1) is 13.9. The molecule has 1 aliphatic carbocycles. The summed E-state index contributed by atoms with van der Waals surface area (Å²) in [5, 5.41) is 9.70. The van der Waals surface area contributed by atoms with Crippen molar-refractivity contribution in [3.8, 4) is 5.75 Å². The van der Waals surface area contributed by atoms with E-state index in [0.29, 0.717) is 12.4 Å². The van der Waals surface area contributed by atoms with Crippen molar-refractivity contribution in [3.63, 3.8) is 0 Å². The molecule has 1 aliphatic rings. The highest BCUT2D eigenvalue weighted by molar-refractivity contribution is 5.71. The molecule has 1 aromatic rings. The van der Waals surface area contributed by atoms with E-state index in [1.165, 1.54) is 0 Å². The third kappa shape index (κ3) is 3.70. The highest BCUT2D eigenvalue weighted by Gasteiger charge is 2.20. The van der Waals surface area contributed by atoms with Gasteiger partial charge in [0.2, 0.25) is 0 Å². The van der Waals surface area contributed by atoms with Crippen LogP contribution >= 0.6 is 0 Å². The first-order valence-electron chi connectivity index (χ1n) is 6.80. The highest BCUT2D eigenvalue weighted by atomic mass is 16.6. The molecule has 19 heavy (non-hydrogen) atoms. The summed E-state index contributed by atoms with van der Waals surface area (Å²) in [5.74, 6) is 0.314. The minimum Gasteiger partial charge on any atom is -0.482 e. The van der Waals surface area contributed by atoms with Gasteiger partial charge < -0.3 is 14.6 Å². The van der Waals surface area contributed by atoms with E-state index in [1.54, 1.807) is 6.07 Å². The number of fused-ring (bicyclic) bond motifs is 1. The van der Waals surface area contributed by atoms with Crippen LogP contribution in [0.3, 0.4) is 0 Å². The standard InChI is InChI=1S/C15H20O4/c1-2-3-8-18-15(17)10-19-12-5-6-13-11(9-12)4-7-14(13)16/h5-6,9,14,16H,2-4,7-8,10H2,1H3. The number of hydrogen-bond donors (Lipinski definition) is 1. The predicted molar refractivity (Wildman–Crippen MR) is 71.1 cm³/mol. The molecule has 0 amide bonds. The molecule has 0 saturated heterocycles. The molecule has 0 radical (unpaired) electrons. The molecule has 0 saturated carbocycles. The number of carbonyl (C=O) groups is 1. The van der Waals surface area contributed by atoms with E-state index < -0.39 is 0 Å². The Balaban J connectivity index is 1.82. The number of hydrogen-bond acceptors (Lipinski definition) is 4. The number of unbranched alkanes of at least 4 members (excludes halogenated alkanes) is 1. The number of aryl methyl sites for hydroxylation is 1. The number of carbonyl (C=O) groups excluding carboxylic acids is 1. The molecule has 4 nitrogen and oxygen atoms in total. The Labute approximate surface area is 113 Å². The Kier molecular flexibility index (Phi) is 4.80. The number of benzene rings is 1. The average molecular weight is 264 g/mol. The van der Waals surface area contributed by atoms with Crippen LogP contribution in [-0.2, 0) is 16.0 Å². The van der Waals surface area contributed by atoms with E-state index in [2.05, 4.69) is 0 Å². The molecule has 4 heteroatoms. The fraction of sp³-hybridized carbons (Fsp3) is 0.533. The SMILES string of the molecule is CCCCOC(=O)COc1ccc2c(c1)CCC2O. The number of aliphatic hydroxyl groups excluding tert-OH is 1. The van der Waals surface area contributed by atoms with E-state index in [0.717, 1.165) is 36.8 Å². The van der Waals surface area contributed by atoms with E-state index in [4.69, 9.17) is 9.47 Å². The molecule has 0 aliphatic heterocycles. The molecule has 0 fully saturated rings. The zero-order valence-corrected chi connectivity index (χ0v) is 11.2. The van der Waals surface area contributed by atoms with Crippen molar-refractivity contribution in [2.75, 3.05) is 13.2 Å². The molecular formula is C15H20O4. The van der Waals surface area contributed by atoms with Gasteiger partial charge in [-0.05, 0) is 42.5 Å². The number of ether oxygens (including phenoxy) is 2. The van der Waals surface area contributed by atoms with Crippen molar-refractivity contribution in [2.45, 2.75) is 38.7 Å². The maximum Gasteiger partial charge on any atom is 0.344 e. The minimum atomic E-state index is -0.358. The van der Waals surface area contributed by atoms with Crippen LogP contribution in [0.15, 0.2) is 18.2 Å². The number of esters is 1. The Morgan fingerprint density at radius 1 is 1.47 bits per heavy atom. The molecule has 1 N–H and O–H groups in total. The van der Waals surface area contributed by atoms with Gasteiger partial charge in [0, 0.05) is 0 Å². The summed E-state index contributed by atoms with van der Waals surface area (Å²) in [6.07, 6.45) is 3.14. The summed E-state index contributed by atoms with van der Waals surface area (Å²) < 4.78 is 10.4. The first-order chi connectivity index (χ1) is 9.20. The van der Waals surface area contributed by atoms with Gasteiger partial charge in [0.15, 0.2) is 6.61 Å². The largest absolute Gasteiger partial charge is 0.482 e. The van der Waals surface area contributed by atoms with Crippen molar-refractivity contribution in [1.82, 2.24) is 0 Å². The van der Waals surface area contributed by atoms with Crippen molar-refractivity contribution in [2.24, 2.45) is 0 Å². The van der Waals surface area contributed by atoms with Crippen LogP contribution in [-0.4, -0.2) is 24.3 Å². The second-order valence-electron chi connectivity index (χ2n) is 4.78. The molecule has 1 atom stereocenters. The molecule has 0 spiro atoms. The van der Waals surface area contributed by atoms with Gasteiger partial charge in [-0.15, -0.1) is 0 Å². The van der Waals surface area contributed by atoms with Gasteiger partial charge in [0.05, 0.1) is 12.7 Å². The normalized spacial score (nSPS) is 17.1. The van der Waals surface area contributed by atoms with Gasteiger partial charge in [-0.2, -0.15) is 0 Å². The molecule has 0 bridgehead atoms. The van der Waals surface area contributed by atoms with Crippen LogP contribution < -0.4 is 4.74 Å². The Morgan fingerprint density at radius 2 is 2.32 bits per heavy atom. The predicted octanol–water partition coefficient (Wildman–Crippen LogP) is 2.39. The van der Waals surface area contributed by atoms with Gasteiger partial charge >= 0.3 is 5.97 Å². The first-order valence-corrected chi connectivity index (χ1v) is 6.80. The van der Waals surface area contributed by atoms with Crippen molar-refractivity contribution >= 4 is 5.97 Å². The molecule has 1 unspecified atom stereocenters. The fourth-order valence-corrected chi connectivity index (χ4v) is 2.18. The van der Waals surface area contributed by atoms with Crippen LogP contribution in [0.5, 0.6) is 5.75 Å². The van der Waals surface area contributed by atoms with E-state index in [-0.39, 0.29) is 18.7 Å². The Morgan fingerprint density at radius 3 is 3.11 bits per heavy atom. The lowest BCUT2D eigenvalue weighted by Gasteiger charge is -2.09. The van der Waals surface area contributed by atoms with Crippen LogP contribution in [0, 0.1) is 0 Å². The molecule has 1 aromatic carbocycles. The Bertz CT molecular complexity index is 442. The summed E-state index contributed by atoms with van der Waals surface area (Å²) in [6, 6.07) is 5.54. The van der Waals surface area contributed by atoms with Crippen molar-refractivity contribution in [3.05, 3.63) is 29.3 Å². The minimum absolute atomic E-state index is 0.0644.